The number of fused-ring (bicyclic) bond motifs is 1. The van der Waals surface area contributed by atoms with E-state index in [2.05, 4.69) is 35.5 Å². The smallest absolute Gasteiger partial charge is 0.253 e. The summed E-state index contributed by atoms with van der Waals surface area (Å²) in [6.07, 6.45) is 1.80. The highest BCUT2D eigenvalue weighted by atomic mass is 16.1. The molecular weight excluding hydrogens is 262 g/mol. The van der Waals surface area contributed by atoms with Crippen molar-refractivity contribution in [3.05, 3.63) is 41.1 Å². The molecule has 1 amide bonds. The molecular formula is C17H21N3O. The number of nitrogens with one attached hydrogen (secondary N) is 2. The molecule has 2 N–H and O–H groups in total. The van der Waals surface area contributed by atoms with Gasteiger partial charge >= 0.3 is 0 Å². The van der Waals surface area contributed by atoms with Crippen molar-refractivity contribution in [1.29, 1.82) is 0 Å². The molecule has 4 nitrogen and oxygen atoms in total. The Labute approximate surface area is 125 Å². The zero-order chi connectivity index (χ0) is 15.0. The molecule has 1 fully saturated rings. The summed E-state index contributed by atoms with van der Waals surface area (Å²) in [5.41, 5.74) is 3.81. The summed E-state index contributed by atoms with van der Waals surface area (Å²) in [4.78, 5) is 17.0. The standard InChI is InChI=1S/C17H21N3O/c1-10(2)13-4-5-19-16-14(13)6-11(3)7-15(16)17(21)20-12-8-18-9-12/h4-7,10,12,18H,8-9H2,1-3H3,(H,20,21). The Morgan fingerprint density at radius 3 is 2.76 bits per heavy atom. The molecule has 0 unspecified atom stereocenters. The molecule has 110 valence electrons. The predicted octanol–water partition coefficient (Wildman–Crippen LogP) is 2.37. The van der Waals surface area contributed by atoms with Gasteiger partial charge in [0, 0.05) is 24.7 Å². The number of carbonyl (C=O) groups is 1. The molecule has 1 aliphatic rings. The van der Waals surface area contributed by atoms with Crippen molar-refractivity contribution in [1.82, 2.24) is 15.6 Å². The van der Waals surface area contributed by atoms with Crippen LogP contribution in [0.5, 0.6) is 0 Å². The zero-order valence-electron chi connectivity index (χ0n) is 12.7. The van der Waals surface area contributed by atoms with Gasteiger partial charge < -0.3 is 10.6 Å². The van der Waals surface area contributed by atoms with Crippen LogP contribution in [0, 0.1) is 6.92 Å². The first-order chi connectivity index (χ1) is 10.1. The van der Waals surface area contributed by atoms with Crippen molar-refractivity contribution in [2.45, 2.75) is 32.7 Å². The van der Waals surface area contributed by atoms with Gasteiger partial charge in [0.2, 0.25) is 0 Å². The van der Waals surface area contributed by atoms with Crippen LogP contribution in [0.25, 0.3) is 10.9 Å². The topological polar surface area (TPSA) is 54.0 Å². The van der Waals surface area contributed by atoms with Crippen LogP contribution in [-0.2, 0) is 0 Å². The fourth-order valence-corrected chi connectivity index (χ4v) is 2.75. The molecule has 0 saturated carbocycles. The lowest BCUT2D eigenvalue weighted by molar-refractivity contribution is 0.0925. The van der Waals surface area contributed by atoms with E-state index in [4.69, 9.17) is 0 Å². The van der Waals surface area contributed by atoms with Crippen molar-refractivity contribution in [2.75, 3.05) is 13.1 Å². The maximum atomic E-state index is 12.5. The Morgan fingerprint density at radius 1 is 1.38 bits per heavy atom. The first kappa shape index (κ1) is 14.0. The summed E-state index contributed by atoms with van der Waals surface area (Å²) in [7, 11) is 0. The van der Waals surface area contributed by atoms with Crippen LogP contribution in [-0.4, -0.2) is 30.0 Å². The number of amides is 1. The van der Waals surface area contributed by atoms with Crippen LogP contribution in [0.3, 0.4) is 0 Å². The van der Waals surface area contributed by atoms with Crippen LogP contribution in [0.2, 0.25) is 0 Å². The Hall–Kier alpha value is -1.94. The zero-order valence-corrected chi connectivity index (χ0v) is 12.7. The average molecular weight is 283 g/mol. The molecule has 0 spiro atoms. The fraction of sp³-hybridized carbons (Fsp3) is 0.412. The highest BCUT2D eigenvalue weighted by molar-refractivity contribution is 6.06. The molecule has 0 atom stereocenters. The Kier molecular flexibility index (Phi) is 3.64. The van der Waals surface area contributed by atoms with Crippen LogP contribution >= 0.6 is 0 Å². The lowest BCUT2D eigenvalue weighted by atomic mass is 9.95. The minimum atomic E-state index is -0.0244. The van der Waals surface area contributed by atoms with Gasteiger partial charge in [0.15, 0.2) is 0 Å². The third kappa shape index (κ3) is 2.63. The van der Waals surface area contributed by atoms with Gasteiger partial charge in [0.1, 0.15) is 0 Å². The molecule has 0 bridgehead atoms. The normalized spacial score (nSPS) is 15.2. The van der Waals surface area contributed by atoms with E-state index >= 15 is 0 Å². The summed E-state index contributed by atoms with van der Waals surface area (Å²) < 4.78 is 0. The van der Waals surface area contributed by atoms with E-state index in [0.717, 1.165) is 29.6 Å². The third-order valence-corrected chi connectivity index (χ3v) is 4.01. The molecule has 1 aliphatic heterocycles. The minimum Gasteiger partial charge on any atom is -0.347 e. The molecule has 0 aliphatic carbocycles. The highest BCUT2D eigenvalue weighted by Crippen LogP contribution is 2.27. The van der Waals surface area contributed by atoms with E-state index in [1.165, 1.54) is 5.56 Å². The van der Waals surface area contributed by atoms with Crippen LogP contribution in [0.15, 0.2) is 24.4 Å². The van der Waals surface area contributed by atoms with Gasteiger partial charge in [-0.05, 0) is 42.2 Å². The third-order valence-electron chi connectivity index (χ3n) is 4.01. The number of carbonyl (C=O) groups excluding carboxylic acids is 1. The van der Waals surface area contributed by atoms with Crippen molar-refractivity contribution < 1.29 is 4.79 Å². The van der Waals surface area contributed by atoms with Gasteiger partial charge in [-0.1, -0.05) is 13.8 Å². The van der Waals surface area contributed by atoms with Gasteiger partial charge in [-0.3, -0.25) is 9.78 Å². The Balaban J connectivity index is 2.09. The van der Waals surface area contributed by atoms with E-state index in [0.29, 0.717) is 11.5 Å². The van der Waals surface area contributed by atoms with E-state index in [1.54, 1.807) is 6.20 Å². The minimum absolute atomic E-state index is 0.0244. The number of hydrogen-bond acceptors (Lipinski definition) is 3. The number of aryl methyl sites for hydroxylation is 1. The van der Waals surface area contributed by atoms with Crippen molar-refractivity contribution in [3.8, 4) is 0 Å². The molecule has 2 heterocycles. The molecule has 4 heteroatoms. The maximum Gasteiger partial charge on any atom is 0.253 e. The number of pyridine rings is 1. The van der Waals surface area contributed by atoms with Gasteiger partial charge in [-0.15, -0.1) is 0 Å². The average Bonchev–Trinajstić information content (AvgIpc) is 2.40. The van der Waals surface area contributed by atoms with Gasteiger partial charge in [0.25, 0.3) is 5.91 Å². The van der Waals surface area contributed by atoms with Crippen LogP contribution in [0.4, 0.5) is 0 Å². The number of aromatic nitrogens is 1. The maximum absolute atomic E-state index is 12.5. The molecule has 0 radical (unpaired) electrons. The first-order valence-electron chi connectivity index (χ1n) is 7.47. The van der Waals surface area contributed by atoms with Gasteiger partial charge in [0.05, 0.1) is 17.1 Å². The number of hydrogen-bond donors (Lipinski definition) is 2. The molecule has 1 aromatic carbocycles. The van der Waals surface area contributed by atoms with Gasteiger partial charge in [-0.2, -0.15) is 0 Å². The summed E-state index contributed by atoms with van der Waals surface area (Å²) in [6, 6.07) is 6.34. The van der Waals surface area contributed by atoms with Crippen LogP contribution in [0.1, 0.15) is 41.3 Å². The van der Waals surface area contributed by atoms with E-state index in [1.807, 2.05) is 19.1 Å². The molecule has 1 saturated heterocycles. The first-order valence-corrected chi connectivity index (χ1v) is 7.47. The summed E-state index contributed by atoms with van der Waals surface area (Å²) in [6.45, 7) is 8.05. The number of rotatable bonds is 3. The fourth-order valence-electron chi connectivity index (χ4n) is 2.75. The molecule has 21 heavy (non-hydrogen) atoms. The second-order valence-corrected chi connectivity index (χ2v) is 6.09. The van der Waals surface area contributed by atoms with Gasteiger partial charge in [-0.25, -0.2) is 0 Å². The van der Waals surface area contributed by atoms with E-state index in [9.17, 15) is 4.79 Å². The second-order valence-electron chi connectivity index (χ2n) is 6.09. The van der Waals surface area contributed by atoms with Crippen molar-refractivity contribution in [2.24, 2.45) is 0 Å². The summed E-state index contributed by atoms with van der Waals surface area (Å²) in [5, 5.41) is 7.31. The lowest BCUT2D eigenvalue weighted by Crippen LogP contribution is -2.56. The van der Waals surface area contributed by atoms with Crippen LogP contribution < -0.4 is 10.6 Å². The number of benzene rings is 1. The number of nitrogens with zero attached hydrogens (tertiary/aromatic N) is 1. The highest BCUT2D eigenvalue weighted by Gasteiger charge is 2.21. The van der Waals surface area contributed by atoms with E-state index < -0.39 is 0 Å². The molecule has 1 aromatic heterocycles. The van der Waals surface area contributed by atoms with E-state index in [-0.39, 0.29) is 11.9 Å². The monoisotopic (exact) mass is 283 g/mol. The molecule has 2 aromatic rings. The molecule has 3 rings (SSSR count). The quantitative estimate of drug-likeness (QED) is 0.909. The predicted molar refractivity (Wildman–Crippen MR) is 84.7 cm³/mol. The SMILES string of the molecule is Cc1cc(C(=O)NC2CNC2)c2nccc(C(C)C)c2c1. The van der Waals surface area contributed by atoms with Crippen molar-refractivity contribution in [3.63, 3.8) is 0 Å². The second kappa shape index (κ2) is 5.45. The summed E-state index contributed by atoms with van der Waals surface area (Å²) in [5.74, 6) is 0.382. The van der Waals surface area contributed by atoms with Crippen molar-refractivity contribution >= 4 is 16.8 Å². The lowest BCUT2D eigenvalue weighted by Gasteiger charge is -2.28. The Morgan fingerprint density at radius 2 is 2.14 bits per heavy atom. The largest absolute Gasteiger partial charge is 0.347 e. The Bertz CT molecular complexity index is 690. The summed E-state index contributed by atoms with van der Waals surface area (Å²) >= 11 is 0.